The molecule has 0 fully saturated rings. The molecule has 9 nitrogen and oxygen atoms in total. The first-order chi connectivity index (χ1) is 7.77. The molecule has 0 unspecified atom stereocenters. The van der Waals surface area contributed by atoms with E-state index in [2.05, 4.69) is 15.3 Å². The van der Waals surface area contributed by atoms with Crippen LogP contribution in [0.25, 0.3) is 5.78 Å². The van der Waals surface area contributed by atoms with Crippen LogP contribution in [0.3, 0.4) is 0 Å². The molecule has 0 aliphatic rings. The molecule has 9 heteroatoms. The molecule has 0 spiro atoms. The number of fused-ring (bicyclic) bond motifs is 1. The van der Waals surface area contributed by atoms with Crippen molar-refractivity contribution in [2.24, 2.45) is 0 Å². The number of aromatic nitrogens is 5. The van der Waals surface area contributed by atoms with Crippen LogP contribution in [-0.2, 0) is 0 Å². The summed E-state index contributed by atoms with van der Waals surface area (Å²) in [5, 5.41) is 31.0. The molecule has 2 aromatic rings. The van der Waals surface area contributed by atoms with Crippen LogP contribution in [0, 0.1) is 0 Å². The first-order valence-electron chi connectivity index (χ1n) is 4.79. The highest BCUT2D eigenvalue weighted by Crippen LogP contribution is 2.04. The summed E-state index contributed by atoms with van der Waals surface area (Å²) in [5.41, 5.74) is 5.53. The zero-order valence-electron chi connectivity index (χ0n) is 8.56. The maximum atomic E-state index is 8.91. The van der Waals surface area contributed by atoms with E-state index in [0.717, 1.165) is 0 Å². The van der Waals surface area contributed by atoms with Crippen LogP contribution in [-0.4, -0.2) is 61.0 Å². The summed E-state index contributed by atoms with van der Waals surface area (Å²) in [6, 6.07) is 0. The van der Waals surface area contributed by atoms with E-state index in [1.54, 1.807) is 9.69 Å². The van der Waals surface area contributed by atoms with E-state index in [1.165, 1.54) is 10.8 Å². The van der Waals surface area contributed by atoms with E-state index in [9.17, 15) is 0 Å². The van der Waals surface area contributed by atoms with E-state index >= 15 is 0 Å². The zero-order valence-corrected chi connectivity index (χ0v) is 8.56. The standard InChI is InChI=1S/C7H13N7O2/c8-6-10-11-7-13(5-9-14(6)7)12(1-3-15)2-4-16/h5,15-16H,1-4H2,(H2,8,10). The second-order valence-corrected chi connectivity index (χ2v) is 3.15. The smallest absolute Gasteiger partial charge is 0.274 e. The molecule has 16 heavy (non-hydrogen) atoms. The molecule has 0 saturated heterocycles. The number of aliphatic hydroxyl groups excluding tert-OH is 2. The average Bonchev–Trinajstić information content (AvgIpc) is 2.82. The van der Waals surface area contributed by atoms with E-state index in [4.69, 9.17) is 15.9 Å². The molecule has 0 aliphatic heterocycles. The minimum atomic E-state index is -0.0338. The van der Waals surface area contributed by atoms with Gasteiger partial charge in [0.25, 0.3) is 5.78 Å². The van der Waals surface area contributed by atoms with Crippen molar-refractivity contribution in [1.82, 2.24) is 24.5 Å². The van der Waals surface area contributed by atoms with Gasteiger partial charge in [-0.05, 0) is 0 Å². The Hall–Kier alpha value is -1.87. The highest BCUT2D eigenvalue weighted by Gasteiger charge is 2.13. The van der Waals surface area contributed by atoms with Crippen LogP contribution in [0.15, 0.2) is 6.33 Å². The fraction of sp³-hybridized carbons (Fsp3) is 0.571. The number of hydrogen-bond acceptors (Lipinski definition) is 7. The minimum absolute atomic E-state index is 0.0338. The second kappa shape index (κ2) is 4.33. The molecule has 0 aliphatic carbocycles. The Balaban J connectivity index is 2.35. The van der Waals surface area contributed by atoms with E-state index < -0.39 is 0 Å². The third-order valence-corrected chi connectivity index (χ3v) is 2.15. The molecule has 0 atom stereocenters. The Bertz CT molecular complexity index is 458. The van der Waals surface area contributed by atoms with Crippen molar-refractivity contribution >= 4 is 11.7 Å². The van der Waals surface area contributed by atoms with E-state index in [0.29, 0.717) is 18.9 Å². The molecule has 0 aromatic carbocycles. The van der Waals surface area contributed by atoms with E-state index in [1.807, 2.05) is 0 Å². The molecule has 2 heterocycles. The van der Waals surface area contributed by atoms with Gasteiger partial charge in [0.05, 0.1) is 26.3 Å². The minimum Gasteiger partial charge on any atom is -0.394 e. The van der Waals surface area contributed by atoms with Gasteiger partial charge in [-0.15, -0.1) is 10.2 Å². The van der Waals surface area contributed by atoms with Gasteiger partial charge in [-0.25, -0.2) is 4.68 Å². The van der Waals surface area contributed by atoms with Crippen LogP contribution in [0.5, 0.6) is 0 Å². The van der Waals surface area contributed by atoms with Gasteiger partial charge in [-0.1, -0.05) is 0 Å². The summed E-state index contributed by atoms with van der Waals surface area (Å²) in [5.74, 6) is 0.640. The monoisotopic (exact) mass is 227 g/mol. The summed E-state index contributed by atoms with van der Waals surface area (Å²) < 4.78 is 2.97. The van der Waals surface area contributed by atoms with Crippen LogP contribution < -0.4 is 10.7 Å². The Morgan fingerprint density at radius 3 is 2.56 bits per heavy atom. The molecule has 0 amide bonds. The predicted molar refractivity (Wildman–Crippen MR) is 55.3 cm³/mol. The average molecular weight is 227 g/mol. The van der Waals surface area contributed by atoms with Crippen molar-refractivity contribution in [3.05, 3.63) is 6.33 Å². The van der Waals surface area contributed by atoms with Gasteiger partial charge < -0.3 is 21.0 Å². The summed E-state index contributed by atoms with van der Waals surface area (Å²) in [6.07, 6.45) is 1.51. The summed E-state index contributed by atoms with van der Waals surface area (Å²) in [7, 11) is 0. The topological polar surface area (TPSA) is 118 Å². The van der Waals surface area contributed by atoms with Crippen molar-refractivity contribution in [3.8, 4) is 0 Å². The lowest BCUT2D eigenvalue weighted by Crippen LogP contribution is -2.39. The Kier molecular flexibility index (Phi) is 2.88. The first kappa shape index (κ1) is 10.6. The number of rotatable bonds is 5. The molecule has 4 N–H and O–H groups in total. The molecule has 2 rings (SSSR count). The molecular formula is C7H13N7O2. The largest absolute Gasteiger partial charge is 0.394 e. The quantitative estimate of drug-likeness (QED) is 0.513. The summed E-state index contributed by atoms with van der Waals surface area (Å²) >= 11 is 0. The highest BCUT2D eigenvalue weighted by molar-refractivity contribution is 5.35. The maximum absolute atomic E-state index is 8.91. The zero-order chi connectivity index (χ0) is 11.5. The maximum Gasteiger partial charge on any atom is 0.274 e. The van der Waals surface area contributed by atoms with Crippen molar-refractivity contribution in [3.63, 3.8) is 0 Å². The Labute approximate surface area is 90.7 Å². The molecular weight excluding hydrogens is 214 g/mol. The number of nitrogens with zero attached hydrogens (tertiary/aromatic N) is 6. The third kappa shape index (κ3) is 1.66. The number of nitrogen functional groups attached to an aromatic ring is 1. The van der Waals surface area contributed by atoms with Crippen LogP contribution in [0.2, 0.25) is 0 Å². The van der Waals surface area contributed by atoms with Crippen molar-refractivity contribution in [2.75, 3.05) is 37.0 Å². The van der Waals surface area contributed by atoms with E-state index in [-0.39, 0.29) is 19.2 Å². The molecule has 2 aromatic heterocycles. The Morgan fingerprint density at radius 2 is 1.94 bits per heavy atom. The van der Waals surface area contributed by atoms with Gasteiger partial charge in [-0.3, -0.25) is 0 Å². The van der Waals surface area contributed by atoms with Gasteiger partial charge in [0.2, 0.25) is 5.95 Å². The Morgan fingerprint density at radius 1 is 1.25 bits per heavy atom. The third-order valence-electron chi connectivity index (χ3n) is 2.15. The highest BCUT2D eigenvalue weighted by atomic mass is 16.3. The van der Waals surface area contributed by atoms with Crippen LogP contribution >= 0.6 is 0 Å². The van der Waals surface area contributed by atoms with Gasteiger partial charge >= 0.3 is 0 Å². The second-order valence-electron chi connectivity index (χ2n) is 3.15. The molecule has 0 saturated carbocycles. The van der Waals surface area contributed by atoms with Crippen molar-refractivity contribution < 1.29 is 10.2 Å². The molecule has 0 bridgehead atoms. The van der Waals surface area contributed by atoms with Crippen molar-refractivity contribution in [1.29, 1.82) is 0 Å². The number of hydrogen-bond donors (Lipinski definition) is 3. The summed E-state index contributed by atoms with van der Waals surface area (Å²) in [6.45, 7) is 0.653. The lowest BCUT2D eigenvalue weighted by atomic mass is 10.6. The van der Waals surface area contributed by atoms with Crippen LogP contribution in [0.1, 0.15) is 0 Å². The van der Waals surface area contributed by atoms with Gasteiger partial charge in [0, 0.05) is 0 Å². The first-order valence-corrected chi connectivity index (χ1v) is 4.79. The van der Waals surface area contributed by atoms with Gasteiger partial charge in [0.15, 0.2) is 0 Å². The fourth-order valence-corrected chi connectivity index (χ4v) is 1.45. The number of anilines is 1. The predicted octanol–water partition coefficient (Wildman–Crippen LogP) is -2.57. The fourth-order valence-electron chi connectivity index (χ4n) is 1.45. The lowest BCUT2D eigenvalue weighted by Gasteiger charge is -2.22. The van der Waals surface area contributed by atoms with Crippen LogP contribution in [0.4, 0.5) is 5.95 Å². The normalized spacial score (nSPS) is 11.1. The lowest BCUT2D eigenvalue weighted by molar-refractivity contribution is 0.266. The SMILES string of the molecule is Nc1nnc2n(N(CCO)CCO)cnn12. The van der Waals surface area contributed by atoms with Gasteiger partial charge in [0.1, 0.15) is 6.33 Å². The molecule has 0 radical (unpaired) electrons. The van der Waals surface area contributed by atoms with Gasteiger partial charge in [-0.2, -0.15) is 9.61 Å². The number of aliphatic hydroxyl groups is 2. The number of nitrogens with two attached hydrogens (primary N) is 1. The molecule has 88 valence electrons. The summed E-state index contributed by atoms with van der Waals surface area (Å²) in [4.78, 5) is 0. The van der Waals surface area contributed by atoms with Crippen molar-refractivity contribution in [2.45, 2.75) is 0 Å².